The summed E-state index contributed by atoms with van der Waals surface area (Å²) in [6.45, 7) is 1.92. The number of aromatic nitrogens is 3. The van der Waals surface area contributed by atoms with E-state index in [9.17, 15) is 0 Å². The standard InChI is InChI=1S/C9H12N4.ClH/c1-6(10)8-3-9-7(4-11-8)5-12-13(9)2;/h3-6H,10H2,1-2H3;1H. The van der Waals surface area contributed by atoms with E-state index in [1.165, 1.54) is 0 Å². The minimum absolute atomic E-state index is 0. The van der Waals surface area contributed by atoms with Crippen molar-refractivity contribution in [1.82, 2.24) is 14.8 Å². The van der Waals surface area contributed by atoms with E-state index >= 15 is 0 Å². The molecule has 0 aliphatic carbocycles. The first-order valence-electron chi connectivity index (χ1n) is 4.21. The Morgan fingerprint density at radius 2 is 2.14 bits per heavy atom. The molecule has 0 radical (unpaired) electrons. The highest BCUT2D eigenvalue weighted by Gasteiger charge is 2.04. The molecule has 0 saturated carbocycles. The van der Waals surface area contributed by atoms with Crippen LogP contribution in [-0.4, -0.2) is 14.8 Å². The topological polar surface area (TPSA) is 56.7 Å². The van der Waals surface area contributed by atoms with Gasteiger partial charge in [0.25, 0.3) is 0 Å². The van der Waals surface area contributed by atoms with Crippen molar-refractivity contribution in [3.63, 3.8) is 0 Å². The Kier molecular flexibility index (Phi) is 3.08. The van der Waals surface area contributed by atoms with Crippen LogP contribution >= 0.6 is 12.4 Å². The minimum atomic E-state index is -0.0284. The lowest BCUT2D eigenvalue weighted by Crippen LogP contribution is -2.07. The summed E-state index contributed by atoms with van der Waals surface area (Å²) >= 11 is 0. The van der Waals surface area contributed by atoms with Crippen molar-refractivity contribution >= 4 is 23.3 Å². The second-order valence-electron chi connectivity index (χ2n) is 3.22. The van der Waals surface area contributed by atoms with Crippen LogP contribution in [0.1, 0.15) is 18.7 Å². The summed E-state index contributed by atoms with van der Waals surface area (Å²) in [6.07, 6.45) is 3.61. The van der Waals surface area contributed by atoms with Crippen LogP contribution in [0.2, 0.25) is 0 Å². The Hall–Kier alpha value is -1.13. The molecule has 76 valence electrons. The normalized spacial score (nSPS) is 12.5. The molecule has 1 unspecified atom stereocenters. The van der Waals surface area contributed by atoms with E-state index < -0.39 is 0 Å². The molecule has 2 rings (SSSR count). The third-order valence-corrected chi connectivity index (χ3v) is 2.12. The van der Waals surface area contributed by atoms with Crippen molar-refractivity contribution in [2.24, 2.45) is 12.8 Å². The molecule has 0 amide bonds. The summed E-state index contributed by atoms with van der Waals surface area (Å²) in [5.74, 6) is 0. The zero-order valence-electron chi connectivity index (χ0n) is 8.14. The van der Waals surface area contributed by atoms with Gasteiger partial charge in [-0.05, 0) is 13.0 Å². The molecule has 0 aliphatic heterocycles. The number of nitrogens with two attached hydrogens (primary N) is 1. The van der Waals surface area contributed by atoms with Gasteiger partial charge in [-0.2, -0.15) is 5.10 Å². The highest BCUT2D eigenvalue weighted by molar-refractivity contribution is 5.85. The maximum atomic E-state index is 5.73. The SMILES string of the molecule is CC(N)c1cc2c(cn1)cnn2C.Cl. The second kappa shape index (κ2) is 3.94. The Labute approximate surface area is 88.5 Å². The minimum Gasteiger partial charge on any atom is -0.323 e. The van der Waals surface area contributed by atoms with Gasteiger partial charge in [0, 0.05) is 24.7 Å². The van der Waals surface area contributed by atoms with Crippen molar-refractivity contribution in [3.05, 3.63) is 24.2 Å². The largest absolute Gasteiger partial charge is 0.323 e. The van der Waals surface area contributed by atoms with Gasteiger partial charge in [-0.1, -0.05) is 0 Å². The molecule has 2 aromatic rings. The monoisotopic (exact) mass is 212 g/mol. The summed E-state index contributed by atoms with van der Waals surface area (Å²) < 4.78 is 1.82. The van der Waals surface area contributed by atoms with E-state index in [4.69, 9.17) is 5.73 Å². The van der Waals surface area contributed by atoms with Crippen LogP contribution in [0.5, 0.6) is 0 Å². The average Bonchev–Trinajstić information content (AvgIpc) is 2.47. The number of pyridine rings is 1. The van der Waals surface area contributed by atoms with Gasteiger partial charge < -0.3 is 5.73 Å². The average molecular weight is 213 g/mol. The second-order valence-corrected chi connectivity index (χ2v) is 3.22. The summed E-state index contributed by atoms with van der Waals surface area (Å²) in [5.41, 5.74) is 7.70. The van der Waals surface area contributed by atoms with E-state index in [1.54, 1.807) is 12.4 Å². The molecule has 0 aliphatic rings. The van der Waals surface area contributed by atoms with Crippen LogP contribution in [0.3, 0.4) is 0 Å². The van der Waals surface area contributed by atoms with Crippen LogP contribution in [0.25, 0.3) is 10.9 Å². The van der Waals surface area contributed by atoms with Gasteiger partial charge in [-0.3, -0.25) is 9.67 Å². The first-order valence-corrected chi connectivity index (χ1v) is 4.21. The number of fused-ring (bicyclic) bond motifs is 1. The predicted molar refractivity (Wildman–Crippen MR) is 58.4 cm³/mol. The number of rotatable bonds is 1. The molecule has 14 heavy (non-hydrogen) atoms. The first-order chi connectivity index (χ1) is 6.18. The molecule has 5 heteroatoms. The van der Waals surface area contributed by atoms with E-state index in [2.05, 4.69) is 10.1 Å². The first kappa shape index (κ1) is 10.9. The predicted octanol–water partition coefficient (Wildman–Crippen LogP) is 1.41. The molecule has 4 nitrogen and oxygen atoms in total. The zero-order valence-corrected chi connectivity index (χ0v) is 8.95. The van der Waals surface area contributed by atoms with E-state index in [0.717, 1.165) is 16.6 Å². The third kappa shape index (κ3) is 1.71. The summed E-state index contributed by atoms with van der Waals surface area (Å²) in [7, 11) is 1.91. The van der Waals surface area contributed by atoms with Gasteiger partial charge in [0.2, 0.25) is 0 Å². The van der Waals surface area contributed by atoms with Crippen molar-refractivity contribution < 1.29 is 0 Å². The van der Waals surface area contributed by atoms with Gasteiger partial charge in [-0.25, -0.2) is 0 Å². The van der Waals surface area contributed by atoms with Crippen molar-refractivity contribution in [3.8, 4) is 0 Å². The van der Waals surface area contributed by atoms with Gasteiger partial charge in [-0.15, -0.1) is 12.4 Å². The fourth-order valence-corrected chi connectivity index (χ4v) is 1.31. The van der Waals surface area contributed by atoms with Gasteiger partial charge in [0.15, 0.2) is 0 Å². The highest BCUT2D eigenvalue weighted by Crippen LogP contribution is 2.15. The highest BCUT2D eigenvalue weighted by atomic mass is 35.5. The van der Waals surface area contributed by atoms with Crippen LogP contribution in [-0.2, 0) is 7.05 Å². The van der Waals surface area contributed by atoms with Crippen LogP contribution in [0.4, 0.5) is 0 Å². The molecule has 2 N–H and O–H groups in total. The molecule has 2 aromatic heterocycles. The van der Waals surface area contributed by atoms with E-state index in [0.29, 0.717) is 0 Å². The Bertz CT molecular complexity index is 435. The van der Waals surface area contributed by atoms with Gasteiger partial charge in [0.1, 0.15) is 0 Å². The maximum absolute atomic E-state index is 5.73. The zero-order chi connectivity index (χ0) is 9.42. The van der Waals surface area contributed by atoms with Crippen LogP contribution in [0, 0.1) is 0 Å². The van der Waals surface area contributed by atoms with Crippen molar-refractivity contribution in [1.29, 1.82) is 0 Å². The summed E-state index contributed by atoms with van der Waals surface area (Å²) in [6, 6.07) is 1.95. The van der Waals surface area contributed by atoms with Crippen LogP contribution in [0.15, 0.2) is 18.5 Å². The summed E-state index contributed by atoms with van der Waals surface area (Å²) in [5, 5.41) is 5.18. The molecule has 0 saturated heterocycles. The maximum Gasteiger partial charge on any atom is 0.0713 e. The lowest BCUT2D eigenvalue weighted by atomic mass is 10.2. The number of aryl methyl sites for hydroxylation is 1. The molecular weight excluding hydrogens is 200 g/mol. The van der Waals surface area contributed by atoms with E-state index in [1.807, 2.05) is 24.7 Å². The smallest absolute Gasteiger partial charge is 0.0713 e. The molecule has 0 spiro atoms. The fourth-order valence-electron chi connectivity index (χ4n) is 1.31. The van der Waals surface area contributed by atoms with Crippen LogP contribution < -0.4 is 5.73 Å². The Morgan fingerprint density at radius 3 is 2.79 bits per heavy atom. The number of hydrogen-bond donors (Lipinski definition) is 1. The Balaban J connectivity index is 0.000000980. The quantitative estimate of drug-likeness (QED) is 0.778. The lowest BCUT2D eigenvalue weighted by molar-refractivity contribution is 0.773. The molecular formula is C9H13ClN4. The van der Waals surface area contributed by atoms with Crippen molar-refractivity contribution in [2.75, 3.05) is 0 Å². The molecule has 0 bridgehead atoms. The van der Waals surface area contributed by atoms with Crippen molar-refractivity contribution in [2.45, 2.75) is 13.0 Å². The fraction of sp³-hybridized carbons (Fsp3) is 0.333. The number of nitrogens with zero attached hydrogens (tertiary/aromatic N) is 3. The lowest BCUT2D eigenvalue weighted by Gasteiger charge is -2.03. The number of hydrogen-bond acceptors (Lipinski definition) is 3. The molecule has 0 fully saturated rings. The van der Waals surface area contributed by atoms with Gasteiger partial charge >= 0.3 is 0 Å². The molecule has 2 heterocycles. The summed E-state index contributed by atoms with van der Waals surface area (Å²) in [4.78, 5) is 4.24. The molecule has 1 atom stereocenters. The number of halogens is 1. The molecule has 0 aromatic carbocycles. The van der Waals surface area contributed by atoms with E-state index in [-0.39, 0.29) is 18.4 Å². The third-order valence-electron chi connectivity index (χ3n) is 2.12. The van der Waals surface area contributed by atoms with Gasteiger partial charge in [0.05, 0.1) is 17.4 Å². The Morgan fingerprint density at radius 1 is 1.43 bits per heavy atom.